The van der Waals surface area contributed by atoms with Crippen LogP contribution in [0.4, 0.5) is 13.2 Å². The van der Waals surface area contributed by atoms with E-state index in [0.717, 1.165) is 0 Å². The third-order valence-electron chi connectivity index (χ3n) is 2.69. The van der Waals surface area contributed by atoms with Crippen LogP contribution in [0.25, 0.3) is 0 Å². The van der Waals surface area contributed by atoms with Crippen molar-refractivity contribution in [1.82, 2.24) is 5.32 Å². The van der Waals surface area contributed by atoms with E-state index in [1.807, 2.05) is 0 Å². The molecule has 1 fully saturated rings. The van der Waals surface area contributed by atoms with Crippen LogP contribution in [0.1, 0.15) is 26.2 Å². The molecule has 1 heterocycles. The second-order valence-electron chi connectivity index (χ2n) is 4.55. The molecule has 0 amide bonds. The van der Waals surface area contributed by atoms with Gasteiger partial charge in [-0.3, -0.25) is 0 Å². The topological polar surface area (TPSA) is 46.2 Å². The van der Waals surface area contributed by atoms with Crippen molar-refractivity contribution in [3.8, 4) is 0 Å². The number of rotatable bonds is 4. The van der Waals surface area contributed by atoms with Crippen molar-refractivity contribution in [1.29, 1.82) is 0 Å². The Morgan fingerprint density at radius 3 is 2.44 bits per heavy atom. The van der Waals surface area contributed by atoms with Gasteiger partial charge in [-0.05, 0) is 26.3 Å². The van der Waals surface area contributed by atoms with Crippen molar-refractivity contribution in [2.45, 2.75) is 37.9 Å². The first-order chi connectivity index (χ1) is 7.12. The second kappa shape index (κ2) is 4.52. The van der Waals surface area contributed by atoms with Crippen LogP contribution in [0, 0.1) is 0 Å². The van der Waals surface area contributed by atoms with E-state index in [-0.39, 0.29) is 24.5 Å². The fourth-order valence-corrected chi connectivity index (χ4v) is 3.95. The Balaban J connectivity index is 2.29. The molecule has 1 N–H and O–H groups in total. The highest BCUT2D eigenvalue weighted by atomic mass is 32.2. The molecule has 0 spiro atoms. The molecule has 1 saturated heterocycles. The van der Waals surface area contributed by atoms with Crippen molar-refractivity contribution in [3.05, 3.63) is 0 Å². The molecule has 1 aliphatic heterocycles. The fraction of sp³-hybridized carbons (Fsp3) is 1.00. The van der Waals surface area contributed by atoms with Crippen molar-refractivity contribution in [2.75, 3.05) is 18.1 Å². The first-order valence-electron chi connectivity index (χ1n) is 5.14. The number of halogens is 3. The minimum atomic E-state index is -4.13. The molecule has 1 unspecified atom stereocenters. The molecule has 16 heavy (non-hydrogen) atoms. The van der Waals surface area contributed by atoms with Crippen LogP contribution in [-0.2, 0) is 9.84 Å². The lowest BCUT2D eigenvalue weighted by molar-refractivity contribution is -0.135. The van der Waals surface area contributed by atoms with Gasteiger partial charge in [-0.15, -0.1) is 0 Å². The van der Waals surface area contributed by atoms with E-state index in [0.29, 0.717) is 6.42 Å². The molecule has 1 atom stereocenters. The van der Waals surface area contributed by atoms with Crippen molar-refractivity contribution < 1.29 is 21.6 Å². The van der Waals surface area contributed by atoms with E-state index in [2.05, 4.69) is 5.32 Å². The maximum Gasteiger partial charge on any atom is 0.389 e. The summed E-state index contributed by atoms with van der Waals surface area (Å²) in [5.74, 6) is 0.141. The van der Waals surface area contributed by atoms with Gasteiger partial charge in [-0.2, -0.15) is 13.2 Å². The van der Waals surface area contributed by atoms with Crippen molar-refractivity contribution >= 4 is 9.84 Å². The van der Waals surface area contributed by atoms with Gasteiger partial charge in [0.25, 0.3) is 0 Å². The zero-order valence-corrected chi connectivity index (χ0v) is 9.92. The second-order valence-corrected chi connectivity index (χ2v) is 6.73. The maximum absolute atomic E-state index is 11.9. The molecule has 0 aromatic rings. The predicted octanol–water partition coefficient (Wildman–Crippen LogP) is 1.50. The summed E-state index contributed by atoms with van der Waals surface area (Å²) >= 11 is 0. The normalized spacial score (nSPS) is 29.5. The lowest BCUT2D eigenvalue weighted by atomic mass is 10.0. The van der Waals surface area contributed by atoms with Crippen molar-refractivity contribution in [3.63, 3.8) is 0 Å². The standard InChI is InChI=1S/C9H16F3NO2S/c1-8(4-6-16(14,15)7-8)13-5-2-3-9(10,11)12/h13H,2-7H2,1H3. The van der Waals surface area contributed by atoms with Crippen LogP contribution < -0.4 is 5.32 Å². The average molecular weight is 259 g/mol. The summed E-state index contributed by atoms with van der Waals surface area (Å²) in [6.45, 7) is 1.94. The zero-order chi connectivity index (χ0) is 12.4. The first-order valence-corrected chi connectivity index (χ1v) is 6.96. The molecule has 1 aliphatic rings. The average Bonchev–Trinajstić information content (AvgIpc) is 2.34. The van der Waals surface area contributed by atoms with E-state index in [4.69, 9.17) is 0 Å². The van der Waals surface area contributed by atoms with Crippen LogP contribution in [0.5, 0.6) is 0 Å². The summed E-state index contributed by atoms with van der Waals surface area (Å²) in [5.41, 5.74) is -0.551. The molecular formula is C9H16F3NO2S. The Kier molecular flexibility index (Phi) is 3.89. The predicted molar refractivity (Wildman–Crippen MR) is 55.0 cm³/mol. The number of nitrogens with one attached hydrogen (secondary N) is 1. The summed E-state index contributed by atoms with van der Waals surface area (Å²) in [6, 6.07) is 0. The number of sulfone groups is 1. The highest BCUT2D eigenvalue weighted by Crippen LogP contribution is 2.24. The minimum Gasteiger partial charge on any atom is -0.310 e. The van der Waals surface area contributed by atoms with Crippen molar-refractivity contribution in [2.24, 2.45) is 0 Å². The van der Waals surface area contributed by atoms with Crippen LogP contribution >= 0.6 is 0 Å². The van der Waals surface area contributed by atoms with Gasteiger partial charge in [0.1, 0.15) is 0 Å². The molecule has 96 valence electrons. The molecule has 7 heteroatoms. The Hall–Kier alpha value is -0.300. The molecule has 0 radical (unpaired) electrons. The minimum absolute atomic E-state index is 0.0147. The Morgan fingerprint density at radius 2 is 2.00 bits per heavy atom. The molecular weight excluding hydrogens is 243 g/mol. The maximum atomic E-state index is 11.9. The van der Waals surface area contributed by atoms with Crippen LogP contribution in [0.2, 0.25) is 0 Å². The van der Waals surface area contributed by atoms with Gasteiger partial charge in [0.2, 0.25) is 0 Å². The lowest BCUT2D eigenvalue weighted by Gasteiger charge is -2.24. The monoisotopic (exact) mass is 259 g/mol. The van der Waals surface area contributed by atoms with Gasteiger partial charge in [0, 0.05) is 12.0 Å². The van der Waals surface area contributed by atoms with Crippen LogP contribution in [0.3, 0.4) is 0 Å². The molecule has 0 saturated carbocycles. The van der Waals surface area contributed by atoms with E-state index in [1.54, 1.807) is 6.92 Å². The smallest absolute Gasteiger partial charge is 0.310 e. The van der Waals surface area contributed by atoms with Gasteiger partial charge in [0.15, 0.2) is 9.84 Å². The van der Waals surface area contributed by atoms with E-state index in [1.165, 1.54) is 0 Å². The number of hydrogen-bond acceptors (Lipinski definition) is 3. The number of hydrogen-bond donors (Lipinski definition) is 1. The SMILES string of the molecule is CC1(NCCCC(F)(F)F)CCS(=O)(=O)C1. The van der Waals surface area contributed by atoms with Gasteiger partial charge >= 0.3 is 6.18 Å². The third-order valence-corrected chi connectivity index (χ3v) is 4.60. The first kappa shape index (κ1) is 13.8. The Bertz CT molecular complexity index is 339. The highest BCUT2D eigenvalue weighted by Gasteiger charge is 2.37. The zero-order valence-electron chi connectivity index (χ0n) is 9.10. The third kappa shape index (κ3) is 4.69. The summed E-state index contributed by atoms with van der Waals surface area (Å²) < 4.78 is 58.0. The van der Waals surface area contributed by atoms with Gasteiger partial charge in [0.05, 0.1) is 11.5 Å². The molecule has 1 rings (SSSR count). The Labute approximate surface area is 93.3 Å². The van der Waals surface area contributed by atoms with Crippen LogP contribution in [-0.4, -0.2) is 38.2 Å². The summed E-state index contributed by atoms with van der Waals surface area (Å²) in [4.78, 5) is 0. The molecule has 0 bridgehead atoms. The lowest BCUT2D eigenvalue weighted by Crippen LogP contribution is -2.44. The van der Waals surface area contributed by atoms with E-state index in [9.17, 15) is 21.6 Å². The fourth-order valence-electron chi connectivity index (χ4n) is 1.83. The van der Waals surface area contributed by atoms with E-state index < -0.39 is 28.0 Å². The quantitative estimate of drug-likeness (QED) is 0.778. The molecule has 0 aromatic carbocycles. The van der Waals surface area contributed by atoms with Crippen LogP contribution in [0.15, 0.2) is 0 Å². The van der Waals surface area contributed by atoms with Gasteiger partial charge in [-0.1, -0.05) is 0 Å². The summed E-state index contributed by atoms with van der Waals surface area (Å²) in [6.07, 6.45) is -4.51. The van der Waals surface area contributed by atoms with Gasteiger partial charge < -0.3 is 5.32 Å². The van der Waals surface area contributed by atoms with Gasteiger partial charge in [-0.25, -0.2) is 8.42 Å². The molecule has 3 nitrogen and oxygen atoms in total. The summed E-state index contributed by atoms with van der Waals surface area (Å²) in [5, 5.41) is 2.91. The highest BCUT2D eigenvalue weighted by molar-refractivity contribution is 7.91. The number of alkyl halides is 3. The largest absolute Gasteiger partial charge is 0.389 e. The Morgan fingerprint density at radius 1 is 1.38 bits per heavy atom. The van der Waals surface area contributed by atoms with E-state index >= 15 is 0 Å². The summed E-state index contributed by atoms with van der Waals surface area (Å²) in [7, 11) is -3.00. The molecule has 0 aromatic heterocycles. The molecule has 0 aliphatic carbocycles.